The molecule has 1 aliphatic carbocycles. The molecule has 1 saturated carbocycles. The van der Waals surface area contributed by atoms with E-state index < -0.39 is 41.0 Å². The predicted molar refractivity (Wildman–Crippen MR) is 126 cm³/mol. The first kappa shape index (κ1) is 25.8. The molecule has 11 nitrogen and oxygen atoms in total. The van der Waals surface area contributed by atoms with Crippen molar-refractivity contribution in [3.63, 3.8) is 0 Å². The largest absolute Gasteiger partial charge is 0.390 e. The number of aliphatic hydroxyl groups is 1. The Morgan fingerprint density at radius 3 is 2.83 bits per heavy atom. The highest BCUT2D eigenvalue weighted by Gasteiger charge is 2.43. The summed E-state index contributed by atoms with van der Waals surface area (Å²) in [6.07, 6.45) is 4.63. The molecule has 1 aliphatic rings. The number of alkyl halides is 1. The third-order valence-corrected chi connectivity index (χ3v) is 6.84. The summed E-state index contributed by atoms with van der Waals surface area (Å²) in [6.45, 7) is -0.158. The van der Waals surface area contributed by atoms with E-state index in [0.717, 1.165) is 0 Å². The lowest BCUT2D eigenvalue weighted by Gasteiger charge is -2.15. The summed E-state index contributed by atoms with van der Waals surface area (Å²) in [7, 11) is -2.56. The van der Waals surface area contributed by atoms with Gasteiger partial charge in [-0.05, 0) is 30.9 Å². The van der Waals surface area contributed by atoms with Gasteiger partial charge in [0.25, 0.3) is 5.56 Å². The Morgan fingerprint density at radius 1 is 1.31 bits per heavy atom. The third kappa shape index (κ3) is 5.75. The Kier molecular flexibility index (Phi) is 7.45. The van der Waals surface area contributed by atoms with Crippen molar-refractivity contribution < 1.29 is 26.9 Å². The van der Waals surface area contributed by atoms with Crippen LogP contribution < -0.4 is 10.7 Å². The molecule has 192 valence electrons. The number of carbonyl (C=O) groups excluding carboxylic acids is 1. The summed E-state index contributed by atoms with van der Waals surface area (Å²) in [4.78, 5) is 33.6. The molecular weight excluding hydrogens is 493 g/mol. The maximum absolute atomic E-state index is 14.8. The quantitative estimate of drug-likeness (QED) is 0.383. The van der Waals surface area contributed by atoms with Gasteiger partial charge in [0.05, 0.1) is 30.5 Å². The Bertz CT molecular complexity index is 1420. The van der Waals surface area contributed by atoms with Crippen molar-refractivity contribution in [3.8, 4) is 0 Å². The van der Waals surface area contributed by atoms with Crippen LogP contribution in [0.4, 0.5) is 4.39 Å². The summed E-state index contributed by atoms with van der Waals surface area (Å²) in [6, 6.07) is 5.10. The van der Waals surface area contributed by atoms with Gasteiger partial charge in [-0.1, -0.05) is 6.07 Å². The van der Waals surface area contributed by atoms with Gasteiger partial charge < -0.3 is 14.2 Å². The Labute approximate surface area is 206 Å². The molecular formula is C23H26FN5O6S. The van der Waals surface area contributed by atoms with Crippen LogP contribution in [-0.4, -0.2) is 57.3 Å². The van der Waals surface area contributed by atoms with Crippen LogP contribution in [-0.2, 0) is 34.5 Å². The van der Waals surface area contributed by atoms with Crippen LogP contribution in [0.15, 0.2) is 54.1 Å². The number of hydrogen-bond acceptors (Lipinski definition) is 8. The van der Waals surface area contributed by atoms with Crippen molar-refractivity contribution in [2.24, 2.45) is 24.0 Å². The van der Waals surface area contributed by atoms with Gasteiger partial charge >= 0.3 is 10.3 Å². The first-order valence-corrected chi connectivity index (χ1v) is 12.6. The second-order valence-corrected chi connectivity index (χ2v) is 10.1. The van der Waals surface area contributed by atoms with E-state index in [1.165, 1.54) is 17.1 Å². The zero-order valence-corrected chi connectivity index (χ0v) is 20.2. The van der Waals surface area contributed by atoms with Crippen LogP contribution in [0.5, 0.6) is 0 Å². The molecule has 4 rings (SSSR count). The molecule has 3 aromatic heterocycles. The molecule has 0 saturated heterocycles. The van der Waals surface area contributed by atoms with Crippen molar-refractivity contribution in [2.75, 3.05) is 6.61 Å². The highest BCUT2D eigenvalue weighted by molar-refractivity contribution is 7.84. The van der Waals surface area contributed by atoms with Crippen LogP contribution >= 0.6 is 0 Å². The summed E-state index contributed by atoms with van der Waals surface area (Å²) < 4.78 is 44.6. The normalized spacial score (nSPS) is 22.1. The van der Waals surface area contributed by atoms with Crippen LogP contribution in [0.2, 0.25) is 0 Å². The summed E-state index contributed by atoms with van der Waals surface area (Å²) >= 11 is 0. The lowest BCUT2D eigenvalue weighted by atomic mass is 9.95. The Morgan fingerprint density at radius 2 is 2.08 bits per heavy atom. The number of halogens is 1. The van der Waals surface area contributed by atoms with Crippen LogP contribution in [0.1, 0.15) is 33.6 Å². The summed E-state index contributed by atoms with van der Waals surface area (Å²) in [5.74, 6) is -1.85. The van der Waals surface area contributed by atoms with Crippen LogP contribution in [0.25, 0.3) is 0 Å². The number of pyridine rings is 1. The van der Waals surface area contributed by atoms with Gasteiger partial charge in [-0.25, -0.2) is 19.5 Å². The lowest BCUT2D eigenvalue weighted by molar-refractivity contribution is 0.0438. The number of hydrogen-bond donors (Lipinski definition) is 2. The van der Waals surface area contributed by atoms with Crippen molar-refractivity contribution in [1.29, 1.82) is 0 Å². The van der Waals surface area contributed by atoms with E-state index in [9.17, 15) is 27.5 Å². The molecule has 0 bridgehead atoms. The highest BCUT2D eigenvalue weighted by Crippen LogP contribution is 2.36. The maximum atomic E-state index is 14.8. The number of aryl methyl sites for hydroxylation is 1. The molecule has 4 atom stereocenters. The van der Waals surface area contributed by atoms with Crippen LogP contribution in [0, 0.1) is 11.8 Å². The van der Waals surface area contributed by atoms with Crippen LogP contribution in [0.3, 0.4) is 0 Å². The molecule has 0 aromatic carbocycles. The predicted octanol–water partition coefficient (Wildman–Crippen LogP) is 0.354. The molecule has 0 radical (unpaired) electrons. The molecule has 0 spiro atoms. The van der Waals surface area contributed by atoms with Crippen molar-refractivity contribution in [1.82, 2.24) is 19.1 Å². The molecule has 3 heterocycles. The third-order valence-electron chi connectivity index (χ3n) is 6.37. The Hall–Kier alpha value is -3.26. The molecule has 13 heteroatoms. The number of rotatable bonds is 9. The summed E-state index contributed by atoms with van der Waals surface area (Å²) in [5, 5.41) is 15.0. The number of nitrogens with two attached hydrogens (primary N) is 1. The Balaban J connectivity index is 1.49. The monoisotopic (exact) mass is 519 g/mol. The van der Waals surface area contributed by atoms with E-state index in [-0.39, 0.29) is 36.3 Å². The van der Waals surface area contributed by atoms with E-state index in [0.29, 0.717) is 16.8 Å². The maximum Gasteiger partial charge on any atom is 0.333 e. The first-order valence-electron chi connectivity index (χ1n) is 11.2. The minimum Gasteiger partial charge on any atom is -0.390 e. The summed E-state index contributed by atoms with van der Waals surface area (Å²) in [5.41, 5.74) is 1.28. The average Bonchev–Trinajstić information content (AvgIpc) is 3.40. The van der Waals surface area contributed by atoms with E-state index >= 15 is 0 Å². The SMILES string of the molecule is Cn1cccc(Cn2ccc(C(=O)c3cncnc3C[C@@H]3C[C@H](COS(N)(=O)=O)[C@@H](O)[C@@H]3F)c2)c1=O. The van der Waals surface area contributed by atoms with Gasteiger partial charge in [0.15, 0.2) is 5.78 Å². The van der Waals surface area contributed by atoms with E-state index in [1.54, 1.807) is 48.4 Å². The topological polar surface area (TPSA) is 159 Å². The standard InChI is InChI=1S/C23H26FN5O6S/c1-28-5-2-3-15(23(28)32)11-29-6-4-14(10-29)21(30)18-9-26-13-27-19(18)8-16-7-17(22(31)20(16)24)12-35-36(25,33)34/h2-6,9-10,13,16-17,20,22,31H,7-8,11-12H2,1H3,(H2,25,33,34)/t16-,17+,20+,22+/m0/s1. The molecule has 0 unspecified atom stereocenters. The number of carbonyl (C=O) groups is 1. The van der Waals surface area contributed by atoms with Crippen molar-refractivity contribution in [2.45, 2.75) is 31.7 Å². The fourth-order valence-electron chi connectivity index (χ4n) is 4.50. The second-order valence-electron chi connectivity index (χ2n) is 8.91. The number of aliphatic hydroxyl groups excluding tert-OH is 1. The van der Waals surface area contributed by atoms with Gasteiger partial charge in [0, 0.05) is 48.9 Å². The fourth-order valence-corrected chi connectivity index (χ4v) is 4.86. The molecule has 3 N–H and O–H groups in total. The smallest absolute Gasteiger partial charge is 0.333 e. The highest BCUT2D eigenvalue weighted by atomic mass is 32.2. The number of ketones is 1. The van der Waals surface area contributed by atoms with E-state index in [2.05, 4.69) is 14.2 Å². The molecule has 0 amide bonds. The molecule has 1 fully saturated rings. The molecule has 36 heavy (non-hydrogen) atoms. The van der Waals surface area contributed by atoms with E-state index in [1.807, 2.05) is 0 Å². The van der Waals surface area contributed by atoms with E-state index in [4.69, 9.17) is 5.14 Å². The lowest BCUT2D eigenvalue weighted by Crippen LogP contribution is -2.29. The van der Waals surface area contributed by atoms with Crippen molar-refractivity contribution >= 4 is 16.1 Å². The van der Waals surface area contributed by atoms with Gasteiger partial charge in [-0.3, -0.25) is 13.8 Å². The zero-order chi connectivity index (χ0) is 26.0. The van der Waals surface area contributed by atoms with Gasteiger partial charge in [-0.15, -0.1) is 0 Å². The minimum atomic E-state index is -4.22. The minimum absolute atomic E-state index is 0.0362. The number of aromatic nitrogens is 4. The molecule has 3 aromatic rings. The first-order chi connectivity index (χ1) is 17.0. The zero-order valence-electron chi connectivity index (χ0n) is 19.4. The second kappa shape index (κ2) is 10.4. The van der Waals surface area contributed by atoms with Crippen molar-refractivity contribution in [3.05, 3.63) is 82.1 Å². The van der Waals surface area contributed by atoms with Gasteiger partial charge in [-0.2, -0.15) is 8.42 Å². The number of nitrogens with zero attached hydrogens (tertiary/aromatic N) is 4. The fraction of sp³-hybridized carbons (Fsp3) is 0.391. The van der Waals surface area contributed by atoms with Gasteiger partial charge in [0.1, 0.15) is 12.5 Å². The van der Waals surface area contributed by atoms with Gasteiger partial charge in [0.2, 0.25) is 0 Å². The average molecular weight is 520 g/mol. The molecule has 0 aliphatic heterocycles.